The molecule has 4 nitrogen and oxygen atoms in total. The molecule has 1 aromatic heterocycles. The zero-order valence-corrected chi connectivity index (χ0v) is 11.1. The van der Waals surface area contributed by atoms with Gasteiger partial charge >= 0.3 is 0 Å². The summed E-state index contributed by atoms with van der Waals surface area (Å²) in [5, 5.41) is 0. The number of ether oxygens (including phenoxy) is 1. The second-order valence-electron chi connectivity index (χ2n) is 3.84. The third-order valence-electron chi connectivity index (χ3n) is 2.49. The molecule has 0 saturated heterocycles. The predicted molar refractivity (Wildman–Crippen MR) is 71.7 cm³/mol. The van der Waals surface area contributed by atoms with E-state index in [0.717, 1.165) is 0 Å². The number of methoxy groups -OCH3 is 1. The normalized spacial score (nSPS) is 12.1. The highest BCUT2D eigenvalue weighted by Crippen LogP contribution is 2.20. The molecule has 0 saturated carbocycles. The van der Waals surface area contributed by atoms with E-state index in [0.29, 0.717) is 17.3 Å². The summed E-state index contributed by atoms with van der Waals surface area (Å²) in [6.07, 6.45) is 0. The van der Waals surface area contributed by atoms with Gasteiger partial charge < -0.3 is 10.5 Å². The first-order valence-electron chi connectivity index (χ1n) is 5.53. The number of halogens is 1. The summed E-state index contributed by atoms with van der Waals surface area (Å²) in [6, 6.07) is 9.01. The molecule has 1 aromatic carbocycles. The Morgan fingerprint density at radius 3 is 2.89 bits per heavy atom. The number of nitrogens with zero attached hydrogens (tertiary/aromatic N) is 1. The lowest BCUT2D eigenvalue weighted by molar-refractivity contribution is 0.397. The molecule has 1 unspecified atom stereocenters. The maximum atomic E-state index is 13.1. The lowest BCUT2D eigenvalue weighted by Gasteiger charge is -2.06. The van der Waals surface area contributed by atoms with Gasteiger partial charge in [-0.3, -0.25) is 4.21 Å². The van der Waals surface area contributed by atoms with Crippen LogP contribution in [0.2, 0.25) is 0 Å². The number of anilines is 1. The van der Waals surface area contributed by atoms with E-state index in [1.54, 1.807) is 18.2 Å². The number of rotatable bonds is 4. The summed E-state index contributed by atoms with van der Waals surface area (Å²) in [7, 11) is 0.0580. The van der Waals surface area contributed by atoms with E-state index in [1.807, 2.05) is 0 Å². The minimum atomic E-state index is -1.45. The van der Waals surface area contributed by atoms with Crippen LogP contribution in [0, 0.1) is 5.82 Å². The molecule has 0 aliphatic carbocycles. The molecular formula is C13H13FN2O2S. The van der Waals surface area contributed by atoms with Crippen LogP contribution in [0.4, 0.5) is 10.1 Å². The van der Waals surface area contributed by atoms with Gasteiger partial charge in [-0.15, -0.1) is 0 Å². The Morgan fingerprint density at radius 1 is 1.37 bits per heavy atom. The van der Waals surface area contributed by atoms with E-state index in [-0.39, 0.29) is 10.6 Å². The van der Waals surface area contributed by atoms with Gasteiger partial charge in [0.05, 0.1) is 34.3 Å². The van der Waals surface area contributed by atoms with Crippen molar-refractivity contribution in [1.29, 1.82) is 0 Å². The first-order chi connectivity index (χ1) is 9.10. The molecule has 2 N–H and O–H groups in total. The number of nitrogen functional groups attached to an aromatic ring is 1. The van der Waals surface area contributed by atoms with Crippen LogP contribution in [0.15, 0.2) is 41.3 Å². The topological polar surface area (TPSA) is 65.2 Å². The van der Waals surface area contributed by atoms with E-state index in [9.17, 15) is 8.60 Å². The molecule has 0 radical (unpaired) electrons. The predicted octanol–water partition coefficient (Wildman–Crippen LogP) is 2.12. The Hall–Kier alpha value is -1.95. The lowest BCUT2D eigenvalue weighted by Crippen LogP contribution is -2.03. The highest BCUT2D eigenvalue weighted by Gasteiger charge is 2.11. The van der Waals surface area contributed by atoms with E-state index in [1.165, 1.54) is 25.3 Å². The Bertz CT molecular complexity index is 619. The standard InChI is InChI=1S/C13H13FN2O2S/c1-18-13-4-2-3-10(16-13)8-19(17)12-7-9(14)5-6-11(12)15/h2-7H,8,15H2,1H3. The molecule has 1 heterocycles. The molecule has 2 rings (SSSR count). The monoisotopic (exact) mass is 280 g/mol. The van der Waals surface area contributed by atoms with Crippen molar-refractivity contribution in [3.05, 3.63) is 47.9 Å². The third-order valence-corrected chi connectivity index (χ3v) is 3.89. The number of aromatic nitrogens is 1. The van der Waals surface area contributed by atoms with Gasteiger partial charge in [-0.1, -0.05) is 6.07 Å². The van der Waals surface area contributed by atoms with Crippen LogP contribution in [0.25, 0.3) is 0 Å². The number of nitrogens with two attached hydrogens (primary N) is 1. The van der Waals surface area contributed by atoms with Crippen molar-refractivity contribution in [3.8, 4) is 5.88 Å². The molecule has 2 aromatic rings. The van der Waals surface area contributed by atoms with E-state index in [2.05, 4.69) is 4.98 Å². The van der Waals surface area contributed by atoms with Crippen molar-refractivity contribution < 1.29 is 13.3 Å². The Labute approximate surface area is 112 Å². The van der Waals surface area contributed by atoms with Gasteiger partial charge in [-0.25, -0.2) is 9.37 Å². The van der Waals surface area contributed by atoms with Crippen molar-refractivity contribution in [1.82, 2.24) is 4.98 Å². The Balaban J connectivity index is 2.23. The van der Waals surface area contributed by atoms with Gasteiger partial charge in [0.15, 0.2) is 0 Å². The quantitative estimate of drug-likeness (QED) is 0.871. The first-order valence-corrected chi connectivity index (χ1v) is 6.85. The zero-order valence-electron chi connectivity index (χ0n) is 10.3. The smallest absolute Gasteiger partial charge is 0.213 e. The van der Waals surface area contributed by atoms with Crippen LogP contribution in [-0.2, 0) is 16.6 Å². The lowest BCUT2D eigenvalue weighted by atomic mass is 10.3. The number of pyridine rings is 1. The fourth-order valence-corrected chi connectivity index (χ4v) is 2.73. The molecule has 0 amide bonds. The number of hydrogen-bond acceptors (Lipinski definition) is 4. The summed E-state index contributed by atoms with van der Waals surface area (Å²) in [6.45, 7) is 0. The van der Waals surface area contributed by atoms with Crippen LogP contribution in [0.5, 0.6) is 5.88 Å². The second-order valence-corrected chi connectivity index (χ2v) is 5.26. The fourth-order valence-electron chi connectivity index (χ4n) is 1.57. The van der Waals surface area contributed by atoms with E-state index < -0.39 is 16.6 Å². The van der Waals surface area contributed by atoms with Crippen molar-refractivity contribution in [2.75, 3.05) is 12.8 Å². The van der Waals surface area contributed by atoms with Crippen LogP contribution in [-0.4, -0.2) is 16.3 Å². The maximum absolute atomic E-state index is 13.1. The molecule has 6 heteroatoms. The van der Waals surface area contributed by atoms with E-state index in [4.69, 9.17) is 10.5 Å². The van der Waals surface area contributed by atoms with Gasteiger partial charge in [-0.05, 0) is 24.3 Å². The minimum Gasteiger partial charge on any atom is -0.481 e. The van der Waals surface area contributed by atoms with Gasteiger partial charge in [0.1, 0.15) is 5.82 Å². The van der Waals surface area contributed by atoms with Crippen molar-refractivity contribution >= 4 is 16.5 Å². The van der Waals surface area contributed by atoms with Gasteiger partial charge in [-0.2, -0.15) is 0 Å². The maximum Gasteiger partial charge on any atom is 0.213 e. The van der Waals surface area contributed by atoms with Crippen LogP contribution in [0.3, 0.4) is 0 Å². The average Bonchev–Trinajstić information content (AvgIpc) is 2.41. The summed E-state index contributed by atoms with van der Waals surface area (Å²) < 4.78 is 30.3. The summed E-state index contributed by atoms with van der Waals surface area (Å²) in [5.74, 6) is 0.142. The van der Waals surface area contributed by atoms with Crippen molar-refractivity contribution in [2.45, 2.75) is 10.6 Å². The van der Waals surface area contributed by atoms with Crippen molar-refractivity contribution in [3.63, 3.8) is 0 Å². The molecule has 0 aliphatic heterocycles. The van der Waals surface area contributed by atoms with Gasteiger partial charge in [0, 0.05) is 11.8 Å². The zero-order chi connectivity index (χ0) is 13.8. The van der Waals surface area contributed by atoms with Gasteiger partial charge in [0.2, 0.25) is 5.88 Å². The molecule has 1 atom stereocenters. The molecule has 0 fully saturated rings. The third kappa shape index (κ3) is 3.29. The summed E-state index contributed by atoms with van der Waals surface area (Å²) in [4.78, 5) is 4.44. The largest absolute Gasteiger partial charge is 0.481 e. The molecular weight excluding hydrogens is 267 g/mol. The Morgan fingerprint density at radius 2 is 2.16 bits per heavy atom. The number of hydrogen-bond donors (Lipinski definition) is 1. The first kappa shape index (κ1) is 13.5. The summed E-state index contributed by atoms with van der Waals surface area (Å²) >= 11 is 0. The van der Waals surface area contributed by atoms with E-state index >= 15 is 0 Å². The average molecular weight is 280 g/mol. The summed E-state index contributed by atoms with van der Waals surface area (Å²) in [5.41, 5.74) is 6.60. The van der Waals surface area contributed by atoms with Crippen LogP contribution < -0.4 is 10.5 Å². The molecule has 0 aliphatic rings. The number of benzene rings is 1. The fraction of sp³-hybridized carbons (Fsp3) is 0.154. The molecule has 0 bridgehead atoms. The minimum absolute atomic E-state index is 0.158. The Kier molecular flexibility index (Phi) is 4.11. The SMILES string of the molecule is COc1cccc(CS(=O)c2cc(F)ccc2N)n1. The molecule has 0 spiro atoms. The highest BCUT2D eigenvalue weighted by atomic mass is 32.2. The highest BCUT2D eigenvalue weighted by molar-refractivity contribution is 7.84. The molecule has 19 heavy (non-hydrogen) atoms. The second kappa shape index (κ2) is 5.79. The van der Waals surface area contributed by atoms with Gasteiger partial charge in [0.25, 0.3) is 0 Å². The van der Waals surface area contributed by atoms with Crippen LogP contribution >= 0.6 is 0 Å². The van der Waals surface area contributed by atoms with Crippen molar-refractivity contribution in [2.24, 2.45) is 0 Å². The van der Waals surface area contributed by atoms with Crippen LogP contribution in [0.1, 0.15) is 5.69 Å². The molecule has 100 valence electrons.